The van der Waals surface area contributed by atoms with Crippen LogP contribution in [0.15, 0.2) is 54.9 Å². The first-order valence-corrected chi connectivity index (χ1v) is 12.9. The maximum atomic E-state index is 13.6. The molecular weight excluding hydrogens is 484 g/mol. The molecule has 0 unspecified atom stereocenters. The number of aryl methyl sites for hydroxylation is 1. The van der Waals surface area contributed by atoms with Gasteiger partial charge in [-0.05, 0) is 17.7 Å². The zero-order valence-electron chi connectivity index (χ0n) is 21.4. The van der Waals surface area contributed by atoms with Crippen molar-refractivity contribution in [3.8, 4) is 11.3 Å². The van der Waals surface area contributed by atoms with Crippen LogP contribution in [0, 0.1) is 0 Å². The minimum absolute atomic E-state index is 0.129. The van der Waals surface area contributed by atoms with E-state index in [-0.39, 0.29) is 18.1 Å². The van der Waals surface area contributed by atoms with Gasteiger partial charge < -0.3 is 19.3 Å². The molecule has 196 valence electrons. The number of amides is 1. The van der Waals surface area contributed by atoms with Crippen LogP contribution in [-0.2, 0) is 22.9 Å². The Labute approximate surface area is 220 Å². The number of rotatable bonds is 6. The van der Waals surface area contributed by atoms with Gasteiger partial charge in [0.15, 0.2) is 5.78 Å². The van der Waals surface area contributed by atoms with Gasteiger partial charge >= 0.3 is 0 Å². The minimum Gasteiger partial charge on any atom is -0.378 e. The highest BCUT2D eigenvalue weighted by Gasteiger charge is 2.27. The lowest BCUT2D eigenvalue weighted by Gasteiger charge is -2.29. The molecule has 10 heteroatoms. The molecule has 6 rings (SSSR count). The molecule has 0 saturated carbocycles. The Balaban J connectivity index is 1.35. The lowest BCUT2D eigenvalue weighted by molar-refractivity contribution is 0.0301. The predicted molar refractivity (Wildman–Crippen MR) is 142 cm³/mol. The first-order valence-electron chi connectivity index (χ1n) is 12.9. The molecule has 1 amide bonds. The third-order valence-corrected chi connectivity index (χ3v) is 7.11. The summed E-state index contributed by atoms with van der Waals surface area (Å²) in [5.41, 5.74) is 4.16. The van der Waals surface area contributed by atoms with Gasteiger partial charge in [-0.2, -0.15) is 5.10 Å². The van der Waals surface area contributed by atoms with Crippen molar-refractivity contribution in [2.75, 3.05) is 57.5 Å². The second kappa shape index (κ2) is 10.4. The molecule has 2 saturated heterocycles. The van der Waals surface area contributed by atoms with Gasteiger partial charge in [-0.3, -0.25) is 18.7 Å². The Morgan fingerprint density at radius 2 is 1.66 bits per heavy atom. The number of morpholine rings is 2. The summed E-state index contributed by atoms with van der Waals surface area (Å²) >= 11 is 0. The van der Waals surface area contributed by atoms with Crippen LogP contribution in [0.1, 0.15) is 26.4 Å². The van der Waals surface area contributed by atoms with Gasteiger partial charge in [0.05, 0.1) is 43.9 Å². The van der Waals surface area contributed by atoms with Gasteiger partial charge in [0, 0.05) is 51.4 Å². The molecule has 5 heterocycles. The molecule has 1 aromatic carbocycles. The lowest BCUT2D eigenvalue weighted by Crippen LogP contribution is -2.41. The van der Waals surface area contributed by atoms with Gasteiger partial charge in [-0.15, -0.1) is 0 Å². The third-order valence-electron chi connectivity index (χ3n) is 7.11. The average Bonchev–Trinajstić information content (AvgIpc) is 3.57. The fourth-order valence-corrected chi connectivity index (χ4v) is 5.14. The normalized spacial score (nSPS) is 16.2. The van der Waals surface area contributed by atoms with Crippen LogP contribution in [0.2, 0.25) is 0 Å². The van der Waals surface area contributed by atoms with Gasteiger partial charge in [-0.25, -0.2) is 4.98 Å². The van der Waals surface area contributed by atoms with Crippen molar-refractivity contribution in [2.45, 2.75) is 6.42 Å². The van der Waals surface area contributed by atoms with E-state index in [9.17, 15) is 9.59 Å². The van der Waals surface area contributed by atoms with Crippen molar-refractivity contribution in [3.05, 3.63) is 71.7 Å². The molecule has 2 aliphatic rings. The van der Waals surface area contributed by atoms with Gasteiger partial charge in [0.1, 0.15) is 17.2 Å². The van der Waals surface area contributed by atoms with Crippen LogP contribution in [0.3, 0.4) is 0 Å². The van der Waals surface area contributed by atoms with Crippen molar-refractivity contribution in [2.24, 2.45) is 7.05 Å². The van der Waals surface area contributed by atoms with Gasteiger partial charge in [0.25, 0.3) is 5.91 Å². The maximum Gasteiger partial charge on any atom is 0.257 e. The molecule has 0 radical (unpaired) electrons. The quantitative estimate of drug-likeness (QED) is 0.365. The molecule has 0 bridgehead atoms. The number of nitrogens with zero attached hydrogens (tertiary/aromatic N) is 6. The molecular formula is C28H30N6O4. The van der Waals surface area contributed by atoms with Gasteiger partial charge in [0.2, 0.25) is 0 Å². The summed E-state index contributed by atoms with van der Waals surface area (Å²) in [5.74, 6) is 0.626. The number of carbonyl (C=O) groups is 2. The monoisotopic (exact) mass is 514 g/mol. The molecule has 0 spiro atoms. The van der Waals surface area contributed by atoms with E-state index < -0.39 is 0 Å². The molecule has 38 heavy (non-hydrogen) atoms. The second-order valence-corrected chi connectivity index (χ2v) is 9.58. The van der Waals surface area contributed by atoms with E-state index in [0.717, 1.165) is 41.4 Å². The SMILES string of the molecule is Cn1ncc(C(=O)N2CCOCC2)c1C(=O)Cc1cc(N2CCOCC2)n2cc(-c3ccccc3)nc2c1. The van der Waals surface area contributed by atoms with Crippen LogP contribution in [0.25, 0.3) is 16.9 Å². The summed E-state index contributed by atoms with van der Waals surface area (Å²) in [6, 6.07) is 14.1. The number of anilines is 1. The van der Waals surface area contributed by atoms with Crippen molar-refractivity contribution in [1.29, 1.82) is 0 Å². The highest BCUT2D eigenvalue weighted by atomic mass is 16.5. The Kier molecular flexibility index (Phi) is 6.65. The van der Waals surface area contributed by atoms with Crippen LogP contribution >= 0.6 is 0 Å². The number of pyridine rings is 1. The zero-order chi connectivity index (χ0) is 26.1. The predicted octanol–water partition coefficient (Wildman–Crippen LogP) is 2.47. The third kappa shape index (κ3) is 4.68. The van der Waals surface area contributed by atoms with Crippen LogP contribution in [-0.4, -0.2) is 88.4 Å². The first kappa shape index (κ1) is 24.3. The minimum atomic E-state index is -0.185. The number of imidazole rings is 1. The molecule has 4 aromatic rings. The van der Waals surface area contributed by atoms with Gasteiger partial charge in [-0.1, -0.05) is 30.3 Å². The molecule has 3 aromatic heterocycles. The lowest BCUT2D eigenvalue weighted by atomic mass is 10.0. The Bertz CT molecular complexity index is 1470. The maximum absolute atomic E-state index is 13.6. The van der Waals surface area contributed by atoms with E-state index in [0.29, 0.717) is 50.8 Å². The summed E-state index contributed by atoms with van der Waals surface area (Å²) in [5, 5.41) is 4.25. The first-order chi connectivity index (χ1) is 18.6. The summed E-state index contributed by atoms with van der Waals surface area (Å²) in [6.07, 6.45) is 3.67. The largest absolute Gasteiger partial charge is 0.378 e. The highest BCUT2D eigenvalue weighted by molar-refractivity contribution is 6.07. The second-order valence-electron chi connectivity index (χ2n) is 9.58. The molecule has 10 nitrogen and oxygen atoms in total. The fraction of sp³-hybridized carbons (Fsp3) is 0.357. The Hall–Kier alpha value is -4.02. The number of benzene rings is 1. The van der Waals surface area contributed by atoms with E-state index in [1.165, 1.54) is 10.9 Å². The van der Waals surface area contributed by atoms with Crippen LogP contribution in [0.4, 0.5) is 5.82 Å². The van der Waals surface area contributed by atoms with E-state index in [1.54, 1.807) is 11.9 Å². The highest BCUT2D eigenvalue weighted by Crippen LogP contribution is 2.27. The number of hydrogen-bond donors (Lipinski definition) is 0. The van der Waals surface area contributed by atoms with E-state index in [2.05, 4.69) is 14.4 Å². The standard InChI is InChI=1S/C28H30N6O4/c1-31-27(22(18-29-31)28(36)33-9-13-38-14-10-33)24(35)15-20-16-25-30-23(21-5-3-2-4-6-21)19-34(25)26(17-20)32-7-11-37-12-8-32/h2-6,16-19H,7-15H2,1H3. The average molecular weight is 515 g/mol. The number of Topliss-reactive ketones (excluding diaryl/α,β-unsaturated/α-hetero) is 1. The number of ketones is 1. The Morgan fingerprint density at radius 1 is 0.947 bits per heavy atom. The molecule has 0 N–H and O–H groups in total. The molecule has 0 atom stereocenters. The smallest absolute Gasteiger partial charge is 0.257 e. The molecule has 2 fully saturated rings. The molecule has 0 aliphatic carbocycles. The number of aromatic nitrogens is 4. The van der Waals surface area contributed by atoms with Crippen molar-refractivity contribution in [1.82, 2.24) is 24.1 Å². The van der Waals surface area contributed by atoms with E-state index in [1.807, 2.05) is 48.7 Å². The Morgan fingerprint density at radius 3 is 2.39 bits per heavy atom. The number of fused-ring (bicyclic) bond motifs is 1. The molecule has 2 aliphatic heterocycles. The van der Waals surface area contributed by atoms with Crippen molar-refractivity contribution < 1.29 is 19.1 Å². The fourth-order valence-electron chi connectivity index (χ4n) is 5.14. The number of carbonyl (C=O) groups excluding carboxylic acids is 2. The summed E-state index contributed by atoms with van der Waals surface area (Å²) in [7, 11) is 1.70. The van der Waals surface area contributed by atoms with E-state index in [4.69, 9.17) is 14.5 Å². The van der Waals surface area contributed by atoms with Crippen LogP contribution in [0.5, 0.6) is 0 Å². The van der Waals surface area contributed by atoms with Crippen LogP contribution < -0.4 is 4.90 Å². The van der Waals surface area contributed by atoms with Crippen molar-refractivity contribution >= 4 is 23.2 Å². The zero-order valence-corrected chi connectivity index (χ0v) is 21.4. The summed E-state index contributed by atoms with van der Waals surface area (Å²) < 4.78 is 14.5. The summed E-state index contributed by atoms with van der Waals surface area (Å²) in [4.78, 5) is 35.7. The topological polar surface area (TPSA) is 94.2 Å². The number of hydrogen-bond acceptors (Lipinski definition) is 7. The summed E-state index contributed by atoms with van der Waals surface area (Å²) in [6.45, 7) is 4.80. The van der Waals surface area contributed by atoms with E-state index >= 15 is 0 Å². The number of ether oxygens (including phenoxy) is 2. The van der Waals surface area contributed by atoms with Crippen molar-refractivity contribution in [3.63, 3.8) is 0 Å².